The second-order valence-corrected chi connectivity index (χ2v) is 8.53. The molecule has 0 heterocycles. The Morgan fingerprint density at radius 3 is 2.14 bits per heavy atom. The van der Waals surface area contributed by atoms with Crippen LogP contribution in [-0.2, 0) is 13.8 Å². The van der Waals surface area contributed by atoms with Crippen molar-refractivity contribution in [2.45, 2.75) is 34.6 Å². The maximum Gasteiger partial charge on any atom is 0.271 e. The Hall–Kier alpha value is -0.960. The molecule has 0 aliphatic carbocycles. The van der Waals surface area contributed by atoms with Crippen molar-refractivity contribution in [1.82, 2.24) is 0 Å². The van der Waals surface area contributed by atoms with Crippen molar-refractivity contribution in [3.63, 3.8) is 0 Å². The molecule has 1 aromatic carbocycles. The number of rotatable bonds is 8. The van der Waals surface area contributed by atoms with Crippen LogP contribution < -0.4 is 0 Å². The van der Waals surface area contributed by atoms with E-state index in [9.17, 15) is 9.36 Å². The molecule has 0 aliphatic rings. The quantitative estimate of drug-likeness (QED) is 0.526. The molecule has 4 nitrogen and oxygen atoms in total. The third-order valence-corrected chi connectivity index (χ3v) is 6.05. The summed E-state index contributed by atoms with van der Waals surface area (Å²) in [5.74, 6) is 0.114. The molecule has 1 aromatic rings. The monoisotopic (exact) mass is 326 g/mol. The third kappa shape index (κ3) is 4.77. The smallest absolute Gasteiger partial charge is 0.271 e. The maximum absolute atomic E-state index is 13.2. The van der Waals surface area contributed by atoms with Crippen LogP contribution in [0.25, 0.3) is 0 Å². The Labute approximate surface area is 133 Å². The van der Waals surface area contributed by atoms with Crippen LogP contribution in [0.3, 0.4) is 0 Å². The van der Waals surface area contributed by atoms with Gasteiger partial charge in [0, 0.05) is 18.8 Å². The Morgan fingerprint density at radius 1 is 1.14 bits per heavy atom. The Morgan fingerprint density at radius 2 is 1.68 bits per heavy atom. The van der Waals surface area contributed by atoms with Crippen molar-refractivity contribution < 1.29 is 18.6 Å². The average Bonchev–Trinajstić information content (AvgIpc) is 2.36. The summed E-state index contributed by atoms with van der Waals surface area (Å²) < 4.78 is 23.6. The zero-order valence-corrected chi connectivity index (χ0v) is 15.3. The molecular weight excluding hydrogens is 299 g/mol. The van der Waals surface area contributed by atoms with E-state index < -0.39 is 7.37 Å². The Kier molecular flexibility index (Phi) is 6.98. The predicted molar refractivity (Wildman–Crippen MR) is 90.1 cm³/mol. The highest BCUT2D eigenvalue weighted by Gasteiger charge is 2.36. The van der Waals surface area contributed by atoms with Crippen molar-refractivity contribution >= 4 is 12.9 Å². The normalized spacial score (nSPS) is 14.1. The number of hydrogen-bond donors (Lipinski definition) is 0. The van der Waals surface area contributed by atoms with Gasteiger partial charge in [-0.2, -0.15) is 0 Å². The minimum atomic E-state index is -3.41. The number of methoxy groups -OCH3 is 1. The van der Waals surface area contributed by atoms with E-state index in [-0.39, 0.29) is 24.2 Å². The second kappa shape index (κ2) is 8.05. The molecule has 0 fully saturated rings. The number of hydrogen-bond acceptors (Lipinski definition) is 4. The first-order chi connectivity index (χ1) is 10.2. The second-order valence-electron chi connectivity index (χ2n) is 6.15. The highest BCUT2D eigenvalue weighted by molar-refractivity contribution is 7.77. The van der Waals surface area contributed by atoms with Gasteiger partial charge in [0.2, 0.25) is 5.52 Å². The van der Waals surface area contributed by atoms with E-state index in [2.05, 4.69) is 0 Å². The molecule has 0 spiro atoms. The van der Waals surface area contributed by atoms with Gasteiger partial charge in [-0.1, -0.05) is 31.5 Å². The van der Waals surface area contributed by atoms with Gasteiger partial charge in [-0.15, -0.1) is 0 Å². The number of carbonyl (C=O) groups is 1. The van der Waals surface area contributed by atoms with Crippen LogP contribution in [0, 0.1) is 26.7 Å². The van der Waals surface area contributed by atoms with E-state index in [0.29, 0.717) is 12.2 Å². The van der Waals surface area contributed by atoms with E-state index in [1.54, 1.807) is 7.11 Å². The molecule has 1 atom stereocenters. The van der Waals surface area contributed by atoms with Gasteiger partial charge >= 0.3 is 0 Å². The van der Waals surface area contributed by atoms with Crippen LogP contribution in [0.2, 0.25) is 0 Å². The lowest BCUT2D eigenvalue weighted by atomic mass is 10.0. The van der Waals surface area contributed by atoms with Gasteiger partial charge in [0.25, 0.3) is 7.37 Å². The predicted octanol–water partition coefficient (Wildman–Crippen LogP) is 4.35. The highest BCUT2D eigenvalue weighted by atomic mass is 31.2. The Balaban J connectivity index is 3.19. The average molecular weight is 326 g/mol. The van der Waals surface area contributed by atoms with Gasteiger partial charge in [-0.3, -0.25) is 9.36 Å². The number of benzene rings is 1. The molecule has 0 radical (unpaired) electrons. The molecule has 0 N–H and O–H groups in total. The number of ether oxygens (including phenoxy) is 1. The summed E-state index contributed by atoms with van der Waals surface area (Å²) in [6.07, 6.45) is 0.252. The van der Waals surface area contributed by atoms with Crippen LogP contribution in [0.5, 0.6) is 0 Å². The molecule has 0 bridgehead atoms. The lowest BCUT2D eigenvalue weighted by Gasteiger charge is -2.21. The SMILES string of the molecule is COCCOP(=O)(CC(C)C)C(=O)c1c(C)cc(C)cc1C. The van der Waals surface area contributed by atoms with Gasteiger partial charge in [-0.25, -0.2) is 0 Å². The van der Waals surface area contributed by atoms with E-state index >= 15 is 0 Å². The summed E-state index contributed by atoms with van der Waals surface area (Å²) in [7, 11) is -1.86. The molecule has 0 amide bonds. The largest absolute Gasteiger partial charge is 0.382 e. The zero-order chi connectivity index (χ0) is 16.9. The highest BCUT2D eigenvalue weighted by Crippen LogP contribution is 2.52. The van der Waals surface area contributed by atoms with Crippen molar-refractivity contribution in [2.75, 3.05) is 26.5 Å². The first-order valence-corrected chi connectivity index (χ1v) is 9.37. The molecule has 0 aromatic heterocycles. The van der Waals surface area contributed by atoms with Crippen molar-refractivity contribution in [2.24, 2.45) is 5.92 Å². The van der Waals surface area contributed by atoms with Crippen LogP contribution >= 0.6 is 7.37 Å². The van der Waals surface area contributed by atoms with E-state index in [1.165, 1.54) is 0 Å². The summed E-state index contributed by atoms with van der Waals surface area (Å²) in [4.78, 5) is 12.9. The summed E-state index contributed by atoms with van der Waals surface area (Å²) in [5, 5.41) is 0. The Bertz CT molecular complexity index is 555. The lowest BCUT2D eigenvalue weighted by Crippen LogP contribution is -2.15. The minimum absolute atomic E-state index is 0.114. The van der Waals surface area contributed by atoms with E-state index in [0.717, 1.165) is 16.7 Å². The van der Waals surface area contributed by atoms with Crippen molar-refractivity contribution in [3.05, 3.63) is 34.4 Å². The molecular formula is C17H27O4P. The fourth-order valence-corrected chi connectivity index (χ4v) is 5.04. The zero-order valence-electron chi connectivity index (χ0n) is 14.4. The van der Waals surface area contributed by atoms with E-state index in [1.807, 2.05) is 46.8 Å². The van der Waals surface area contributed by atoms with Crippen LogP contribution in [-0.4, -0.2) is 32.0 Å². The first kappa shape index (κ1) is 19.1. The van der Waals surface area contributed by atoms with Crippen molar-refractivity contribution in [3.8, 4) is 0 Å². The van der Waals surface area contributed by atoms with Gasteiger partial charge in [0.05, 0.1) is 13.2 Å². The molecule has 0 aliphatic heterocycles. The number of aryl methyl sites for hydroxylation is 3. The van der Waals surface area contributed by atoms with Crippen LogP contribution in [0.4, 0.5) is 0 Å². The third-order valence-electron chi connectivity index (χ3n) is 3.39. The van der Waals surface area contributed by atoms with Crippen LogP contribution in [0.15, 0.2) is 12.1 Å². The summed E-state index contributed by atoms with van der Waals surface area (Å²) in [5.41, 5.74) is 2.95. The molecule has 1 rings (SSSR count). The fraction of sp³-hybridized carbons (Fsp3) is 0.588. The maximum atomic E-state index is 13.2. The lowest BCUT2D eigenvalue weighted by molar-refractivity contribution is 0.103. The minimum Gasteiger partial charge on any atom is -0.382 e. The summed E-state index contributed by atoms with van der Waals surface area (Å²) in [6.45, 7) is 10.1. The van der Waals surface area contributed by atoms with Gasteiger partial charge < -0.3 is 9.26 Å². The topological polar surface area (TPSA) is 52.6 Å². The molecule has 5 heteroatoms. The fourth-order valence-electron chi connectivity index (χ4n) is 2.63. The van der Waals surface area contributed by atoms with E-state index in [4.69, 9.17) is 9.26 Å². The van der Waals surface area contributed by atoms with Crippen LogP contribution in [0.1, 0.15) is 40.9 Å². The molecule has 124 valence electrons. The van der Waals surface area contributed by atoms with Gasteiger partial charge in [-0.05, 0) is 37.8 Å². The summed E-state index contributed by atoms with van der Waals surface area (Å²) in [6, 6.07) is 3.88. The number of carbonyl (C=O) groups excluding carboxylic acids is 1. The van der Waals surface area contributed by atoms with Gasteiger partial charge in [0.15, 0.2) is 0 Å². The molecule has 1 unspecified atom stereocenters. The summed E-state index contributed by atoms with van der Waals surface area (Å²) >= 11 is 0. The standard InChI is InChI=1S/C17H27O4P/c1-12(2)11-22(19,21-8-7-20-6)17(18)16-14(4)9-13(3)10-15(16)5/h9-10,12H,7-8,11H2,1-6H3. The molecule has 0 saturated heterocycles. The molecule has 0 saturated carbocycles. The van der Waals surface area contributed by atoms with Crippen molar-refractivity contribution in [1.29, 1.82) is 0 Å². The first-order valence-electron chi connectivity index (χ1n) is 7.56. The van der Waals surface area contributed by atoms with Gasteiger partial charge in [0.1, 0.15) is 0 Å². The molecule has 22 heavy (non-hydrogen) atoms.